The molecule has 2 rings (SSSR count). The zero-order valence-electron chi connectivity index (χ0n) is 17.0. The van der Waals surface area contributed by atoms with Gasteiger partial charge in [0.25, 0.3) is 5.69 Å². The molecule has 1 fully saturated rings. The summed E-state index contributed by atoms with van der Waals surface area (Å²) in [7, 11) is -3.85. The van der Waals surface area contributed by atoms with E-state index in [1.807, 2.05) is 0 Å². The molecule has 1 heterocycles. The number of nitrogens with zero attached hydrogens (tertiary/aromatic N) is 3. The number of nitrogens with one attached hydrogen (secondary N) is 1. The minimum atomic E-state index is -3.85. The van der Waals surface area contributed by atoms with Gasteiger partial charge in [-0.25, -0.2) is 8.42 Å². The number of carbonyl (C=O) groups is 1. The predicted molar refractivity (Wildman–Crippen MR) is 110 cm³/mol. The van der Waals surface area contributed by atoms with Crippen LogP contribution in [0.3, 0.4) is 0 Å². The Morgan fingerprint density at radius 3 is 2.62 bits per heavy atom. The number of nitro benzene ring substituents is 1. The van der Waals surface area contributed by atoms with Gasteiger partial charge in [-0.2, -0.15) is 0 Å². The minimum absolute atomic E-state index is 0.123. The highest BCUT2D eigenvalue weighted by Gasteiger charge is 2.31. The van der Waals surface area contributed by atoms with Crippen molar-refractivity contribution in [2.75, 3.05) is 50.0 Å². The maximum absolute atomic E-state index is 12.6. The number of amides is 1. The van der Waals surface area contributed by atoms with Gasteiger partial charge in [0, 0.05) is 31.8 Å². The van der Waals surface area contributed by atoms with Gasteiger partial charge < -0.3 is 10.1 Å². The second-order valence-corrected chi connectivity index (χ2v) is 8.92. The lowest BCUT2D eigenvalue weighted by Crippen LogP contribution is -2.48. The van der Waals surface area contributed by atoms with Crippen molar-refractivity contribution in [3.05, 3.63) is 33.9 Å². The number of benzene rings is 1. The standard InChI is InChI=1S/C18H28N4O6S/c1-14-5-6-16(22(24)25)13-17(14)21(29(3,26)27)15(2)18(23)19-7-4-8-20-9-11-28-12-10-20/h5-6,13,15H,4,7-12H2,1-3H3,(H,19,23). The quantitative estimate of drug-likeness (QED) is 0.352. The Hall–Kier alpha value is -2.24. The highest BCUT2D eigenvalue weighted by atomic mass is 32.2. The van der Waals surface area contributed by atoms with Crippen LogP contribution in [0.4, 0.5) is 11.4 Å². The van der Waals surface area contributed by atoms with Gasteiger partial charge in [-0.1, -0.05) is 6.07 Å². The van der Waals surface area contributed by atoms with Crippen molar-refractivity contribution in [2.24, 2.45) is 0 Å². The average molecular weight is 429 g/mol. The third kappa shape index (κ3) is 6.38. The van der Waals surface area contributed by atoms with Crippen molar-refractivity contribution in [1.29, 1.82) is 0 Å². The van der Waals surface area contributed by atoms with E-state index in [1.54, 1.807) is 6.92 Å². The maximum Gasteiger partial charge on any atom is 0.271 e. The fraction of sp³-hybridized carbons (Fsp3) is 0.611. The molecule has 1 atom stereocenters. The molecule has 0 saturated carbocycles. The van der Waals surface area contributed by atoms with E-state index in [4.69, 9.17) is 4.74 Å². The van der Waals surface area contributed by atoms with E-state index in [0.29, 0.717) is 25.3 Å². The molecule has 1 aliphatic heterocycles. The Morgan fingerprint density at radius 1 is 1.38 bits per heavy atom. The Labute approximate surface area is 171 Å². The summed E-state index contributed by atoms with van der Waals surface area (Å²) in [5.74, 6) is -0.455. The van der Waals surface area contributed by atoms with Crippen LogP contribution in [0.2, 0.25) is 0 Å². The first-order chi connectivity index (χ1) is 13.6. The van der Waals surface area contributed by atoms with Crippen molar-refractivity contribution in [3.63, 3.8) is 0 Å². The Morgan fingerprint density at radius 2 is 2.03 bits per heavy atom. The summed E-state index contributed by atoms with van der Waals surface area (Å²) >= 11 is 0. The Balaban J connectivity index is 2.07. The summed E-state index contributed by atoms with van der Waals surface area (Å²) in [6.45, 7) is 7.46. The summed E-state index contributed by atoms with van der Waals surface area (Å²) in [6.07, 6.45) is 1.71. The van der Waals surface area contributed by atoms with E-state index >= 15 is 0 Å². The lowest BCUT2D eigenvalue weighted by atomic mass is 10.1. The molecule has 1 N–H and O–H groups in total. The molecule has 1 saturated heterocycles. The van der Waals surface area contributed by atoms with Crippen LogP contribution in [0.1, 0.15) is 18.9 Å². The normalized spacial score (nSPS) is 16.2. The zero-order chi connectivity index (χ0) is 21.6. The van der Waals surface area contributed by atoms with Crippen molar-refractivity contribution in [1.82, 2.24) is 10.2 Å². The molecule has 0 aliphatic carbocycles. The summed E-state index contributed by atoms with van der Waals surface area (Å²) < 4.78 is 31.0. The molecule has 0 aromatic heterocycles. The molecule has 10 nitrogen and oxygen atoms in total. The number of hydrogen-bond acceptors (Lipinski definition) is 7. The smallest absolute Gasteiger partial charge is 0.271 e. The molecule has 11 heteroatoms. The van der Waals surface area contributed by atoms with Gasteiger partial charge in [-0.3, -0.25) is 24.1 Å². The van der Waals surface area contributed by atoms with Gasteiger partial charge in [-0.05, 0) is 32.4 Å². The largest absolute Gasteiger partial charge is 0.379 e. The van der Waals surface area contributed by atoms with Crippen LogP contribution in [0.25, 0.3) is 0 Å². The van der Waals surface area contributed by atoms with Crippen LogP contribution < -0.4 is 9.62 Å². The van der Waals surface area contributed by atoms with Crippen molar-refractivity contribution < 1.29 is 22.9 Å². The second-order valence-electron chi connectivity index (χ2n) is 7.06. The molecular weight excluding hydrogens is 400 g/mol. The van der Waals surface area contributed by atoms with Crippen LogP contribution in [0.5, 0.6) is 0 Å². The maximum atomic E-state index is 12.6. The van der Waals surface area contributed by atoms with Gasteiger partial charge >= 0.3 is 0 Å². The van der Waals surface area contributed by atoms with E-state index in [-0.39, 0.29) is 11.4 Å². The third-order valence-electron chi connectivity index (χ3n) is 4.78. The van der Waals surface area contributed by atoms with Gasteiger partial charge in [-0.15, -0.1) is 0 Å². The van der Waals surface area contributed by atoms with Crippen LogP contribution >= 0.6 is 0 Å². The SMILES string of the molecule is Cc1ccc([N+](=O)[O-])cc1N(C(C)C(=O)NCCCN1CCOCC1)S(C)(=O)=O. The number of sulfonamides is 1. The number of hydrogen-bond donors (Lipinski definition) is 1. The number of anilines is 1. The van der Waals surface area contributed by atoms with Gasteiger partial charge in [0.1, 0.15) is 6.04 Å². The molecule has 1 unspecified atom stereocenters. The lowest BCUT2D eigenvalue weighted by Gasteiger charge is -2.29. The second kappa shape index (κ2) is 9.99. The lowest BCUT2D eigenvalue weighted by molar-refractivity contribution is -0.384. The number of carbonyl (C=O) groups excluding carboxylic acids is 1. The number of nitro groups is 1. The van der Waals surface area contributed by atoms with Gasteiger partial charge in [0.2, 0.25) is 15.9 Å². The van der Waals surface area contributed by atoms with Gasteiger partial charge in [0.15, 0.2) is 0 Å². The van der Waals surface area contributed by atoms with E-state index < -0.39 is 26.9 Å². The van der Waals surface area contributed by atoms with Crippen molar-refractivity contribution in [2.45, 2.75) is 26.3 Å². The summed E-state index contributed by atoms with van der Waals surface area (Å²) in [4.78, 5) is 25.3. The highest BCUT2D eigenvalue weighted by Crippen LogP contribution is 2.29. The molecule has 1 aliphatic rings. The first kappa shape index (κ1) is 23.0. The molecule has 0 spiro atoms. The van der Waals surface area contributed by atoms with E-state index in [1.165, 1.54) is 25.1 Å². The Kier molecular flexibility index (Phi) is 7.94. The van der Waals surface area contributed by atoms with Gasteiger partial charge in [0.05, 0.1) is 30.1 Å². The third-order valence-corrected chi connectivity index (χ3v) is 6.01. The molecule has 0 bridgehead atoms. The minimum Gasteiger partial charge on any atom is -0.379 e. The van der Waals surface area contributed by atoms with Crippen molar-refractivity contribution in [3.8, 4) is 0 Å². The van der Waals surface area contributed by atoms with E-state index in [2.05, 4.69) is 10.2 Å². The monoisotopic (exact) mass is 428 g/mol. The molecule has 1 aromatic carbocycles. The van der Waals surface area contributed by atoms with Crippen LogP contribution in [0.15, 0.2) is 18.2 Å². The zero-order valence-corrected chi connectivity index (χ0v) is 17.8. The predicted octanol–water partition coefficient (Wildman–Crippen LogP) is 0.896. The molecule has 1 aromatic rings. The van der Waals surface area contributed by atoms with E-state index in [9.17, 15) is 23.3 Å². The first-order valence-electron chi connectivity index (χ1n) is 9.43. The number of non-ortho nitro benzene ring substituents is 1. The highest BCUT2D eigenvalue weighted by molar-refractivity contribution is 7.92. The molecular formula is C18H28N4O6S. The Bertz CT molecular complexity index is 839. The fourth-order valence-electron chi connectivity index (χ4n) is 3.22. The van der Waals surface area contributed by atoms with Crippen LogP contribution in [-0.2, 0) is 19.6 Å². The number of rotatable bonds is 9. The van der Waals surface area contributed by atoms with Crippen molar-refractivity contribution >= 4 is 27.3 Å². The molecule has 162 valence electrons. The summed E-state index contributed by atoms with van der Waals surface area (Å²) in [6, 6.07) is 2.90. The number of morpholine rings is 1. The fourth-order valence-corrected chi connectivity index (χ4v) is 4.44. The first-order valence-corrected chi connectivity index (χ1v) is 11.3. The van der Waals surface area contributed by atoms with Crippen LogP contribution in [-0.4, -0.2) is 75.8 Å². The summed E-state index contributed by atoms with van der Waals surface area (Å²) in [5, 5.41) is 13.9. The number of ether oxygens (including phenoxy) is 1. The number of aryl methyl sites for hydroxylation is 1. The van der Waals surface area contributed by atoms with Crippen LogP contribution in [0, 0.1) is 17.0 Å². The molecule has 0 radical (unpaired) electrons. The average Bonchev–Trinajstić information content (AvgIpc) is 2.66. The molecule has 29 heavy (non-hydrogen) atoms. The topological polar surface area (TPSA) is 122 Å². The molecule has 1 amide bonds. The van der Waals surface area contributed by atoms with E-state index in [0.717, 1.165) is 36.6 Å². The summed E-state index contributed by atoms with van der Waals surface area (Å²) in [5.41, 5.74) is 0.406.